The SMILES string of the molecule is CC1=CC(F)=C(C)C1. The molecule has 1 aliphatic rings. The Morgan fingerprint density at radius 3 is 2.25 bits per heavy atom. The molecule has 0 aromatic carbocycles. The highest BCUT2D eigenvalue weighted by atomic mass is 19.1. The van der Waals surface area contributed by atoms with Gasteiger partial charge in [0, 0.05) is 0 Å². The van der Waals surface area contributed by atoms with Crippen molar-refractivity contribution in [2.24, 2.45) is 0 Å². The fourth-order valence-corrected chi connectivity index (χ4v) is 0.893. The standard InChI is InChI=1S/C7H9F/c1-5-3-6(2)7(8)4-5/h4H,3H2,1-2H3. The van der Waals surface area contributed by atoms with Crippen molar-refractivity contribution >= 4 is 0 Å². The summed E-state index contributed by atoms with van der Waals surface area (Å²) in [4.78, 5) is 0. The van der Waals surface area contributed by atoms with Gasteiger partial charge in [0.15, 0.2) is 0 Å². The predicted octanol–water partition coefficient (Wildman–Crippen LogP) is 2.58. The summed E-state index contributed by atoms with van der Waals surface area (Å²) in [7, 11) is 0. The number of halogens is 1. The van der Waals surface area contributed by atoms with Gasteiger partial charge in [-0.15, -0.1) is 0 Å². The minimum absolute atomic E-state index is 0.0394. The molecular weight excluding hydrogens is 103 g/mol. The van der Waals surface area contributed by atoms with E-state index >= 15 is 0 Å². The van der Waals surface area contributed by atoms with Crippen molar-refractivity contribution in [1.29, 1.82) is 0 Å². The van der Waals surface area contributed by atoms with Crippen LogP contribution < -0.4 is 0 Å². The fraction of sp³-hybridized carbons (Fsp3) is 0.429. The Balaban J connectivity index is 2.79. The molecule has 0 spiro atoms. The molecule has 1 rings (SSSR count). The average Bonchev–Trinajstić information content (AvgIpc) is 1.85. The molecule has 0 bridgehead atoms. The van der Waals surface area contributed by atoms with Gasteiger partial charge in [-0.3, -0.25) is 0 Å². The van der Waals surface area contributed by atoms with Gasteiger partial charge in [0.1, 0.15) is 5.83 Å². The molecule has 0 amide bonds. The van der Waals surface area contributed by atoms with E-state index in [1.54, 1.807) is 6.08 Å². The summed E-state index contributed by atoms with van der Waals surface area (Å²) in [5.74, 6) is -0.0394. The maximum Gasteiger partial charge on any atom is 0.122 e. The van der Waals surface area contributed by atoms with Crippen LogP contribution in [0.2, 0.25) is 0 Å². The van der Waals surface area contributed by atoms with Gasteiger partial charge >= 0.3 is 0 Å². The van der Waals surface area contributed by atoms with E-state index < -0.39 is 0 Å². The highest BCUT2D eigenvalue weighted by Crippen LogP contribution is 2.24. The van der Waals surface area contributed by atoms with Crippen molar-refractivity contribution in [2.75, 3.05) is 0 Å². The van der Waals surface area contributed by atoms with Crippen LogP contribution in [0.25, 0.3) is 0 Å². The van der Waals surface area contributed by atoms with Crippen molar-refractivity contribution in [3.63, 3.8) is 0 Å². The minimum atomic E-state index is -0.0394. The van der Waals surface area contributed by atoms with Gasteiger partial charge < -0.3 is 0 Å². The van der Waals surface area contributed by atoms with Crippen molar-refractivity contribution in [3.8, 4) is 0 Å². The van der Waals surface area contributed by atoms with Crippen molar-refractivity contribution < 1.29 is 4.39 Å². The molecule has 44 valence electrons. The zero-order valence-corrected chi connectivity index (χ0v) is 5.16. The second-order valence-corrected chi connectivity index (χ2v) is 2.30. The zero-order chi connectivity index (χ0) is 6.15. The molecule has 0 nitrogen and oxygen atoms in total. The summed E-state index contributed by atoms with van der Waals surface area (Å²) in [6, 6.07) is 0. The van der Waals surface area contributed by atoms with E-state index in [9.17, 15) is 4.39 Å². The molecule has 1 aliphatic carbocycles. The third-order valence-electron chi connectivity index (χ3n) is 1.32. The molecule has 0 saturated heterocycles. The quantitative estimate of drug-likeness (QED) is 0.451. The molecule has 0 heterocycles. The summed E-state index contributed by atoms with van der Waals surface area (Å²) >= 11 is 0. The molecule has 0 aliphatic heterocycles. The van der Waals surface area contributed by atoms with Crippen LogP contribution in [0.4, 0.5) is 4.39 Å². The number of allylic oxidation sites excluding steroid dienone is 4. The van der Waals surface area contributed by atoms with E-state index in [4.69, 9.17) is 0 Å². The molecule has 0 atom stereocenters. The lowest BCUT2D eigenvalue weighted by Gasteiger charge is -1.87. The Hall–Kier alpha value is -0.590. The second-order valence-electron chi connectivity index (χ2n) is 2.30. The van der Waals surface area contributed by atoms with Gasteiger partial charge in [-0.05, 0) is 31.9 Å². The normalized spacial score (nSPS) is 19.6. The largest absolute Gasteiger partial charge is 0.207 e. The van der Waals surface area contributed by atoms with Gasteiger partial charge in [0.25, 0.3) is 0 Å². The molecule has 0 aromatic rings. The van der Waals surface area contributed by atoms with Crippen LogP contribution in [0.3, 0.4) is 0 Å². The first kappa shape index (κ1) is 5.54. The Morgan fingerprint density at radius 1 is 1.50 bits per heavy atom. The molecular formula is C7H9F. The van der Waals surface area contributed by atoms with E-state index in [0.717, 1.165) is 17.6 Å². The molecule has 0 saturated carbocycles. The van der Waals surface area contributed by atoms with E-state index in [1.165, 1.54) is 0 Å². The predicted molar refractivity (Wildman–Crippen MR) is 32.2 cm³/mol. The van der Waals surface area contributed by atoms with Gasteiger partial charge in [0.05, 0.1) is 0 Å². The number of hydrogen-bond acceptors (Lipinski definition) is 0. The monoisotopic (exact) mass is 112 g/mol. The third-order valence-corrected chi connectivity index (χ3v) is 1.32. The lowest BCUT2D eigenvalue weighted by Crippen LogP contribution is -1.69. The molecule has 0 radical (unpaired) electrons. The Bertz CT molecular complexity index is 163. The summed E-state index contributed by atoms with van der Waals surface area (Å²) in [5.41, 5.74) is 1.99. The van der Waals surface area contributed by atoms with E-state index in [-0.39, 0.29) is 5.83 Å². The topological polar surface area (TPSA) is 0 Å². The molecule has 8 heavy (non-hydrogen) atoms. The molecule has 0 aromatic heterocycles. The van der Waals surface area contributed by atoms with E-state index in [1.807, 2.05) is 13.8 Å². The smallest absolute Gasteiger partial charge is 0.122 e. The Kier molecular flexibility index (Phi) is 1.20. The van der Waals surface area contributed by atoms with Gasteiger partial charge in [-0.1, -0.05) is 5.57 Å². The molecule has 0 N–H and O–H groups in total. The Morgan fingerprint density at radius 2 is 2.12 bits per heavy atom. The molecule has 1 heteroatoms. The summed E-state index contributed by atoms with van der Waals surface area (Å²) < 4.78 is 12.4. The summed E-state index contributed by atoms with van der Waals surface area (Å²) in [6.07, 6.45) is 2.42. The lowest BCUT2D eigenvalue weighted by atomic mass is 10.2. The van der Waals surface area contributed by atoms with Crippen molar-refractivity contribution in [1.82, 2.24) is 0 Å². The lowest BCUT2D eigenvalue weighted by molar-refractivity contribution is 0.658. The number of hydrogen-bond donors (Lipinski definition) is 0. The van der Waals surface area contributed by atoms with Gasteiger partial charge in [-0.2, -0.15) is 0 Å². The first-order valence-electron chi connectivity index (χ1n) is 2.72. The van der Waals surface area contributed by atoms with Crippen LogP contribution in [-0.4, -0.2) is 0 Å². The molecule has 0 unspecified atom stereocenters. The average molecular weight is 112 g/mol. The summed E-state index contributed by atoms with van der Waals surface area (Å²) in [5, 5.41) is 0. The third kappa shape index (κ3) is 0.808. The maximum atomic E-state index is 12.4. The minimum Gasteiger partial charge on any atom is -0.207 e. The van der Waals surface area contributed by atoms with Crippen LogP contribution in [0.1, 0.15) is 20.3 Å². The van der Waals surface area contributed by atoms with Crippen LogP contribution >= 0.6 is 0 Å². The number of rotatable bonds is 0. The van der Waals surface area contributed by atoms with Crippen LogP contribution in [-0.2, 0) is 0 Å². The Labute approximate surface area is 48.7 Å². The highest BCUT2D eigenvalue weighted by Gasteiger charge is 2.06. The van der Waals surface area contributed by atoms with Gasteiger partial charge in [-0.25, -0.2) is 4.39 Å². The van der Waals surface area contributed by atoms with Crippen molar-refractivity contribution in [3.05, 3.63) is 23.0 Å². The summed E-state index contributed by atoms with van der Waals surface area (Å²) in [6.45, 7) is 3.76. The second kappa shape index (κ2) is 1.73. The molecule has 0 fully saturated rings. The van der Waals surface area contributed by atoms with E-state index in [0.29, 0.717) is 0 Å². The van der Waals surface area contributed by atoms with Crippen LogP contribution in [0, 0.1) is 0 Å². The van der Waals surface area contributed by atoms with E-state index in [2.05, 4.69) is 0 Å². The first-order chi connectivity index (χ1) is 3.70. The van der Waals surface area contributed by atoms with Crippen LogP contribution in [0.5, 0.6) is 0 Å². The highest BCUT2D eigenvalue weighted by molar-refractivity contribution is 5.32. The first-order valence-corrected chi connectivity index (χ1v) is 2.72. The zero-order valence-electron chi connectivity index (χ0n) is 5.16. The van der Waals surface area contributed by atoms with Crippen molar-refractivity contribution in [2.45, 2.75) is 20.3 Å². The van der Waals surface area contributed by atoms with Gasteiger partial charge in [0.2, 0.25) is 0 Å². The fourth-order valence-electron chi connectivity index (χ4n) is 0.893. The maximum absolute atomic E-state index is 12.4. The van der Waals surface area contributed by atoms with Crippen LogP contribution in [0.15, 0.2) is 23.0 Å².